The van der Waals surface area contributed by atoms with E-state index in [0.717, 1.165) is 11.3 Å². The number of carbonyl (C=O) groups excluding carboxylic acids is 1. The van der Waals surface area contributed by atoms with Crippen molar-refractivity contribution in [3.8, 4) is 0 Å². The summed E-state index contributed by atoms with van der Waals surface area (Å²) in [4.78, 5) is 23.5. The standard InChI is InChI=1S/C15H20FNO3S/c1-2-3-11(15(19)20)10-17-14(18)8-9-21-13-6-4-12(16)5-7-13/h4-7,11H,2-3,8-10H2,1H3,(H,17,18)(H,19,20). The highest BCUT2D eigenvalue weighted by Gasteiger charge is 2.16. The van der Waals surface area contributed by atoms with Crippen LogP contribution in [0.4, 0.5) is 4.39 Å². The van der Waals surface area contributed by atoms with Crippen LogP contribution in [0.1, 0.15) is 26.2 Å². The van der Waals surface area contributed by atoms with Crippen LogP contribution in [0.15, 0.2) is 29.2 Å². The van der Waals surface area contributed by atoms with E-state index in [-0.39, 0.29) is 18.3 Å². The summed E-state index contributed by atoms with van der Waals surface area (Å²) in [6.45, 7) is 2.08. The molecule has 0 bridgehead atoms. The van der Waals surface area contributed by atoms with Crippen LogP contribution in [0, 0.1) is 11.7 Å². The first kappa shape index (κ1) is 17.5. The third-order valence-corrected chi connectivity index (χ3v) is 3.96. The van der Waals surface area contributed by atoms with Crippen LogP contribution >= 0.6 is 11.8 Å². The average molecular weight is 313 g/mol. The molecule has 1 atom stereocenters. The molecule has 0 saturated carbocycles. The molecule has 0 aromatic heterocycles. The number of carbonyl (C=O) groups is 2. The predicted molar refractivity (Wildman–Crippen MR) is 80.8 cm³/mol. The van der Waals surface area contributed by atoms with Gasteiger partial charge in [-0.1, -0.05) is 13.3 Å². The van der Waals surface area contributed by atoms with E-state index >= 15 is 0 Å². The summed E-state index contributed by atoms with van der Waals surface area (Å²) < 4.78 is 12.7. The quantitative estimate of drug-likeness (QED) is 0.688. The van der Waals surface area contributed by atoms with Crippen LogP contribution in [-0.2, 0) is 9.59 Å². The first-order valence-electron chi connectivity index (χ1n) is 6.90. The number of rotatable bonds is 9. The van der Waals surface area contributed by atoms with Crippen molar-refractivity contribution in [1.82, 2.24) is 5.32 Å². The van der Waals surface area contributed by atoms with E-state index < -0.39 is 11.9 Å². The zero-order chi connectivity index (χ0) is 15.7. The number of hydrogen-bond donors (Lipinski definition) is 2. The normalized spacial score (nSPS) is 11.9. The summed E-state index contributed by atoms with van der Waals surface area (Å²) in [5.41, 5.74) is 0. The van der Waals surface area contributed by atoms with Gasteiger partial charge >= 0.3 is 5.97 Å². The summed E-state index contributed by atoms with van der Waals surface area (Å²) in [6.07, 6.45) is 1.63. The lowest BCUT2D eigenvalue weighted by molar-refractivity contribution is -0.141. The number of carboxylic acids is 1. The fraction of sp³-hybridized carbons (Fsp3) is 0.467. The Morgan fingerprint density at radius 1 is 1.33 bits per heavy atom. The van der Waals surface area contributed by atoms with Gasteiger partial charge in [0.1, 0.15) is 5.82 Å². The molecule has 21 heavy (non-hydrogen) atoms. The zero-order valence-electron chi connectivity index (χ0n) is 12.0. The van der Waals surface area contributed by atoms with Gasteiger partial charge < -0.3 is 10.4 Å². The molecule has 116 valence electrons. The van der Waals surface area contributed by atoms with E-state index in [2.05, 4.69) is 5.32 Å². The van der Waals surface area contributed by atoms with Gasteiger partial charge in [0, 0.05) is 23.6 Å². The molecule has 2 N–H and O–H groups in total. The maximum Gasteiger partial charge on any atom is 0.308 e. The lowest BCUT2D eigenvalue weighted by Gasteiger charge is -2.12. The molecule has 1 aromatic rings. The Hall–Kier alpha value is -1.56. The molecule has 1 aromatic carbocycles. The lowest BCUT2D eigenvalue weighted by atomic mass is 10.0. The maximum atomic E-state index is 12.7. The van der Waals surface area contributed by atoms with E-state index in [9.17, 15) is 14.0 Å². The smallest absolute Gasteiger partial charge is 0.308 e. The number of halogens is 1. The van der Waals surface area contributed by atoms with Crippen molar-refractivity contribution >= 4 is 23.6 Å². The first-order chi connectivity index (χ1) is 10.0. The molecule has 4 nitrogen and oxygen atoms in total. The zero-order valence-corrected chi connectivity index (χ0v) is 12.8. The average Bonchev–Trinajstić information content (AvgIpc) is 2.45. The predicted octanol–water partition coefficient (Wildman–Crippen LogP) is 2.93. The van der Waals surface area contributed by atoms with Crippen LogP contribution in [0.25, 0.3) is 0 Å². The number of hydrogen-bond acceptors (Lipinski definition) is 3. The second-order valence-corrected chi connectivity index (χ2v) is 5.85. The molecule has 6 heteroatoms. The summed E-state index contributed by atoms with van der Waals surface area (Å²) in [6, 6.07) is 6.09. The molecule has 1 unspecified atom stereocenters. The molecular formula is C15H20FNO3S. The monoisotopic (exact) mass is 313 g/mol. The number of carboxylic acid groups (broad SMARTS) is 1. The highest BCUT2D eigenvalue weighted by molar-refractivity contribution is 7.99. The highest BCUT2D eigenvalue weighted by atomic mass is 32.2. The van der Waals surface area contributed by atoms with E-state index in [1.54, 1.807) is 12.1 Å². The first-order valence-corrected chi connectivity index (χ1v) is 7.89. The summed E-state index contributed by atoms with van der Waals surface area (Å²) in [5.74, 6) is -1.27. The topological polar surface area (TPSA) is 66.4 Å². The van der Waals surface area contributed by atoms with Gasteiger partial charge in [-0.25, -0.2) is 4.39 Å². The van der Waals surface area contributed by atoms with Crippen LogP contribution in [0.5, 0.6) is 0 Å². The van der Waals surface area contributed by atoms with Crippen molar-refractivity contribution in [3.05, 3.63) is 30.1 Å². The summed E-state index contributed by atoms with van der Waals surface area (Å²) in [7, 11) is 0. The van der Waals surface area contributed by atoms with Crippen molar-refractivity contribution in [2.75, 3.05) is 12.3 Å². The van der Waals surface area contributed by atoms with E-state index in [0.29, 0.717) is 18.6 Å². The second-order valence-electron chi connectivity index (χ2n) is 4.68. The van der Waals surface area contributed by atoms with Crippen LogP contribution < -0.4 is 5.32 Å². The van der Waals surface area contributed by atoms with E-state index in [4.69, 9.17) is 5.11 Å². The van der Waals surface area contributed by atoms with Crippen LogP contribution in [0.3, 0.4) is 0 Å². The number of thioether (sulfide) groups is 1. The minimum atomic E-state index is -0.877. The number of amides is 1. The molecular weight excluding hydrogens is 293 g/mol. The Kier molecular flexibility index (Phi) is 7.82. The van der Waals surface area contributed by atoms with Crippen molar-refractivity contribution in [2.24, 2.45) is 5.92 Å². The third-order valence-electron chi connectivity index (χ3n) is 2.94. The lowest BCUT2D eigenvalue weighted by Crippen LogP contribution is -2.33. The highest BCUT2D eigenvalue weighted by Crippen LogP contribution is 2.18. The number of aliphatic carboxylic acids is 1. The fourth-order valence-electron chi connectivity index (χ4n) is 1.78. The van der Waals surface area contributed by atoms with Gasteiger partial charge in [0.15, 0.2) is 0 Å². The molecule has 0 radical (unpaired) electrons. The fourth-order valence-corrected chi connectivity index (χ4v) is 2.63. The molecule has 0 fully saturated rings. The Labute approximate surface area is 128 Å². The van der Waals surface area contributed by atoms with Crippen molar-refractivity contribution in [3.63, 3.8) is 0 Å². The number of benzene rings is 1. The van der Waals surface area contributed by atoms with Gasteiger partial charge in [0.05, 0.1) is 5.92 Å². The van der Waals surface area contributed by atoms with Crippen molar-refractivity contribution in [1.29, 1.82) is 0 Å². The molecule has 0 spiro atoms. The Morgan fingerprint density at radius 3 is 2.57 bits per heavy atom. The minimum absolute atomic E-state index is 0.160. The summed E-state index contributed by atoms with van der Waals surface area (Å²) in [5, 5.41) is 11.6. The summed E-state index contributed by atoms with van der Waals surface area (Å²) >= 11 is 1.46. The van der Waals surface area contributed by atoms with E-state index in [1.165, 1.54) is 23.9 Å². The Bertz CT molecular complexity index is 464. The number of nitrogens with one attached hydrogen (secondary N) is 1. The molecule has 0 aliphatic heterocycles. The van der Waals surface area contributed by atoms with Gasteiger partial charge in [-0.05, 0) is 30.7 Å². The maximum absolute atomic E-state index is 12.7. The van der Waals surface area contributed by atoms with Gasteiger partial charge in [-0.15, -0.1) is 11.8 Å². The SMILES string of the molecule is CCCC(CNC(=O)CCSc1ccc(F)cc1)C(=O)O. The van der Waals surface area contributed by atoms with Crippen LogP contribution in [-0.4, -0.2) is 29.3 Å². The molecule has 0 aliphatic rings. The molecule has 0 heterocycles. The van der Waals surface area contributed by atoms with Gasteiger partial charge in [0.25, 0.3) is 0 Å². The molecule has 0 aliphatic carbocycles. The largest absolute Gasteiger partial charge is 0.481 e. The van der Waals surface area contributed by atoms with Gasteiger partial charge in [-0.2, -0.15) is 0 Å². The van der Waals surface area contributed by atoms with Gasteiger partial charge in [0.2, 0.25) is 5.91 Å². The van der Waals surface area contributed by atoms with Crippen LogP contribution in [0.2, 0.25) is 0 Å². The molecule has 1 amide bonds. The van der Waals surface area contributed by atoms with Gasteiger partial charge in [-0.3, -0.25) is 9.59 Å². The molecule has 1 rings (SSSR count). The Balaban J connectivity index is 2.24. The Morgan fingerprint density at radius 2 is 2.00 bits per heavy atom. The van der Waals surface area contributed by atoms with E-state index in [1.807, 2.05) is 6.92 Å². The molecule has 0 saturated heterocycles. The van der Waals surface area contributed by atoms with Crippen molar-refractivity contribution < 1.29 is 19.1 Å². The third kappa shape index (κ3) is 7.13. The van der Waals surface area contributed by atoms with Crippen molar-refractivity contribution in [2.45, 2.75) is 31.1 Å². The second kappa shape index (κ2) is 9.39. The minimum Gasteiger partial charge on any atom is -0.481 e.